The van der Waals surface area contributed by atoms with Crippen LogP contribution in [0.1, 0.15) is 20.8 Å². The Bertz CT molecular complexity index is 715. The van der Waals surface area contributed by atoms with Gasteiger partial charge in [0, 0.05) is 26.2 Å². The summed E-state index contributed by atoms with van der Waals surface area (Å²) in [6, 6.07) is 8.22. The van der Waals surface area contributed by atoms with Crippen molar-refractivity contribution in [3.8, 4) is 0 Å². The largest absolute Gasteiger partial charge is 0.372 e. The minimum absolute atomic E-state index is 0.0187. The number of sulfonamides is 1. The summed E-state index contributed by atoms with van der Waals surface area (Å²) >= 11 is 0. The number of morpholine rings is 1. The molecule has 0 N–H and O–H groups in total. The van der Waals surface area contributed by atoms with E-state index in [4.69, 9.17) is 4.74 Å². The van der Waals surface area contributed by atoms with Gasteiger partial charge in [0.25, 0.3) is 0 Å². The van der Waals surface area contributed by atoms with E-state index in [1.165, 1.54) is 4.31 Å². The van der Waals surface area contributed by atoms with Gasteiger partial charge in [-0.15, -0.1) is 0 Å². The summed E-state index contributed by atoms with van der Waals surface area (Å²) in [5.41, 5.74) is 0. The number of ether oxygens (including phenoxy) is 1. The average molecular weight is 367 g/mol. The fourth-order valence-corrected chi connectivity index (χ4v) is 5.16. The first-order valence-electron chi connectivity index (χ1n) is 8.58. The Labute approximate surface area is 149 Å². The molecule has 2 heterocycles. The predicted molar refractivity (Wildman–Crippen MR) is 93.5 cm³/mol. The summed E-state index contributed by atoms with van der Waals surface area (Å²) in [4.78, 5) is 16.5. The molecule has 8 heteroatoms. The molecule has 1 aromatic carbocycles. The SMILES string of the molecule is C[C@@H]1CN(C(=O)N2CCN(S(=O)(=O)c3ccccc3)[C@@H]2C)C[C@@H](C)O1. The van der Waals surface area contributed by atoms with Gasteiger partial charge in [-0.2, -0.15) is 4.31 Å². The number of amides is 2. The lowest BCUT2D eigenvalue weighted by Crippen LogP contribution is -2.54. The molecular weight excluding hydrogens is 342 g/mol. The smallest absolute Gasteiger partial charge is 0.321 e. The lowest BCUT2D eigenvalue weighted by atomic mass is 10.2. The lowest BCUT2D eigenvalue weighted by Gasteiger charge is -2.38. The molecule has 3 atom stereocenters. The fraction of sp³-hybridized carbons (Fsp3) is 0.588. The van der Waals surface area contributed by atoms with Crippen LogP contribution in [-0.2, 0) is 14.8 Å². The van der Waals surface area contributed by atoms with Crippen LogP contribution in [0.4, 0.5) is 4.79 Å². The summed E-state index contributed by atoms with van der Waals surface area (Å²) in [7, 11) is -3.61. The van der Waals surface area contributed by atoms with E-state index in [1.54, 1.807) is 47.1 Å². The molecule has 2 aliphatic rings. The van der Waals surface area contributed by atoms with Crippen molar-refractivity contribution in [2.24, 2.45) is 0 Å². The van der Waals surface area contributed by atoms with Crippen LogP contribution in [0.3, 0.4) is 0 Å². The number of hydrogen-bond donors (Lipinski definition) is 0. The van der Waals surface area contributed by atoms with Crippen molar-refractivity contribution < 1.29 is 17.9 Å². The van der Waals surface area contributed by atoms with Gasteiger partial charge in [-0.25, -0.2) is 13.2 Å². The van der Waals surface area contributed by atoms with E-state index in [0.717, 1.165) is 0 Å². The third kappa shape index (κ3) is 3.51. The van der Waals surface area contributed by atoms with Gasteiger partial charge in [0.1, 0.15) is 0 Å². The molecule has 7 nitrogen and oxygen atoms in total. The van der Waals surface area contributed by atoms with Crippen molar-refractivity contribution in [2.75, 3.05) is 26.2 Å². The van der Waals surface area contributed by atoms with Crippen molar-refractivity contribution in [1.82, 2.24) is 14.1 Å². The Balaban J connectivity index is 1.75. The molecule has 0 spiro atoms. The van der Waals surface area contributed by atoms with Gasteiger partial charge < -0.3 is 14.5 Å². The van der Waals surface area contributed by atoms with Crippen molar-refractivity contribution in [2.45, 2.75) is 44.0 Å². The molecular formula is C17H25N3O4S. The molecule has 3 rings (SSSR count). The third-order valence-corrected chi connectivity index (χ3v) is 6.69. The number of rotatable bonds is 2. The van der Waals surface area contributed by atoms with Crippen LogP contribution in [0.5, 0.6) is 0 Å². The van der Waals surface area contributed by atoms with Gasteiger partial charge >= 0.3 is 6.03 Å². The first kappa shape index (κ1) is 18.2. The average Bonchev–Trinajstić information content (AvgIpc) is 2.96. The van der Waals surface area contributed by atoms with E-state index in [0.29, 0.717) is 26.2 Å². The minimum Gasteiger partial charge on any atom is -0.372 e. The number of carbonyl (C=O) groups is 1. The van der Waals surface area contributed by atoms with Crippen LogP contribution in [0.2, 0.25) is 0 Å². The standard InChI is InChI=1S/C17H25N3O4S/c1-13-11-18(12-14(2)24-13)17(21)19-9-10-20(15(19)3)25(22,23)16-7-5-4-6-8-16/h4-8,13-15H,9-12H2,1-3H3/t13-,14-,15-/m1/s1. The van der Waals surface area contributed by atoms with Gasteiger partial charge in [0.05, 0.1) is 23.3 Å². The van der Waals surface area contributed by atoms with E-state index >= 15 is 0 Å². The van der Waals surface area contributed by atoms with Crippen LogP contribution in [0, 0.1) is 0 Å². The molecule has 2 amide bonds. The fourth-order valence-electron chi connectivity index (χ4n) is 3.56. The Kier molecular flexibility index (Phi) is 5.04. The zero-order valence-electron chi connectivity index (χ0n) is 14.8. The van der Waals surface area contributed by atoms with Gasteiger partial charge in [0.2, 0.25) is 10.0 Å². The van der Waals surface area contributed by atoms with E-state index in [9.17, 15) is 13.2 Å². The molecule has 0 saturated carbocycles. The van der Waals surface area contributed by atoms with Crippen LogP contribution in [0.15, 0.2) is 35.2 Å². The highest BCUT2D eigenvalue weighted by molar-refractivity contribution is 7.89. The lowest BCUT2D eigenvalue weighted by molar-refractivity contribution is -0.0588. The van der Waals surface area contributed by atoms with Gasteiger partial charge in [-0.05, 0) is 32.9 Å². The molecule has 138 valence electrons. The Morgan fingerprint density at radius 1 is 1.04 bits per heavy atom. The Hall–Kier alpha value is -1.64. The third-order valence-electron chi connectivity index (χ3n) is 4.71. The maximum Gasteiger partial charge on any atom is 0.321 e. The van der Waals surface area contributed by atoms with Crippen LogP contribution >= 0.6 is 0 Å². The summed E-state index contributed by atoms with van der Waals surface area (Å²) < 4.78 is 32.8. The van der Waals surface area contributed by atoms with Gasteiger partial charge in [-0.3, -0.25) is 0 Å². The Morgan fingerprint density at radius 3 is 2.24 bits per heavy atom. The van der Waals surface area contributed by atoms with Crippen LogP contribution in [0.25, 0.3) is 0 Å². The molecule has 0 aromatic heterocycles. The predicted octanol–water partition coefficient (Wildman–Crippen LogP) is 1.57. The van der Waals surface area contributed by atoms with Crippen molar-refractivity contribution >= 4 is 16.1 Å². The highest BCUT2D eigenvalue weighted by atomic mass is 32.2. The zero-order chi connectivity index (χ0) is 18.2. The van der Waals surface area contributed by atoms with E-state index in [-0.39, 0.29) is 23.1 Å². The number of carbonyl (C=O) groups excluding carboxylic acids is 1. The molecule has 2 fully saturated rings. The molecule has 0 bridgehead atoms. The van der Waals surface area contributed by atoms with Crippen LogP contribution in [-0.4, -0.2) is 73.1 Å². The summed E-state index contributed by atoms with van der Waals surface area (Å²) in [5, 5.41) is 0. The van der Waals surface area contributed by atoms with Crippen molar-refractivity contribution in [3.05, 3.63) is 30.3 Å². The molecule has 2 aliphatic heterocycles. The second kappa shape index (κ2) is 6.93. The summed E-state index contributed by atoms with van der Waals surface area (Å²) in [6.45, 7) is 7.39. The van der Waals surface area contributed by atoms with E-state index in [2.05, 4.69) is 0 Å². The number of hydrogen-bond acceptors (Lipinski definition) is 4. The maximum absolute atomic E-state index is 12.9. The van der Waals surface area contributed by atoms with Gasteiger partial charge in [0.15, 0.2) is 0 Å². The highest BCUT2D eigenvalue weighted by Crippen LogP contribution is 2.25. The maximum atomic E-state index is 12.9. The molecule has 0 radical (unpaired) electrons. The van der Waals surface area contributed by atoms with Gasteiger partial charge in [-0.1, -0.05) is 18.2 Å². The second-order valence-electron chi connectivity index (χ2n) is 6.70. The Morgan fingerprint density at radius 2 is 1.64 bits per heavy atom. The second-order valence-corrected chi connectivity index (χ2v) is 8.59. The molecule has 0 aliphatic carbocycles. The monoisotopic (exact) mass is 367 g/mol. The number of urea groups is 1. The first-order valence-corrected chi connectivity index (χ1v) is 10.0. The number of nitrogens with zero attached hydrogens (tertiary/aromatic N) is 3. The quantitative estimate of drug-likeness (QED) is 0.796. The first-order chi connectivity index (χ1) is 11.8. The van der Waals surface area contributed by atoms with Crippen molar-refractivity contribution in [3.63, 3.8) is 0 Å². The molecule has 0 unspecified atom stereocenters. The molecule has 2 saturated heterocycles. The normalized spacial score (nSPS) is 28.4. The van der Waals surface area contributed by atoms with Crippen LogP contribution < -0.4 is 0 Å². The number of benzene rings is 1. The molecule has 1 aromatic rings. The van der Waals surface area contributed by atoms with E-state index in [1.807, 2.05) is 13.8 Å². The minimum atomic E-state index is -3.61. The zero-order valence-corrected chi connectivity index (χ0v) is 15.6. The molecule has 25 heavy (non-hydrogen) atoms. The van der Waals surface area contributed by atoms with E-state index < -0.39 is 16.2 Å². The summed E-state index contributed by atoms with van der Waals surface area (Å²) in [6.07, 6.45) is -0.546. The summed E-state index contributed by atoms with van der Waals surface area (Å²) in [5.74, 6) is 0. The van der Waals surface area contributed by atoms with Crippen molar-refractivity contribution in [1.29, 1.82) is 0 Å². The highest BCUT2D eigenvalue weighted by Gasteiger charge is 2.41. The topological polar surface area (TPSA) is 70.2 Å².